The minimum absolute atomic E-state index is 0.00189. The fraction of sp³-hybridized carbons (Fsp3) is 0.863. The van der Waals surface area contributed by atoms with Gasteiger partial charge in [-0.2, -0.15) is 0 Å². The molecule has 0 fully saturated rings. The van der Waals surface area contributed by atoms with Crippen LogP contribution in [0.5, 0.6) is 0 Å². The van der Waals surface area contributed by atoms with Crippen LogP contribution in [-0.4, -0.2) is 47.4 Å². The van der Waals surface area contributed by atoms with Crippen molar-refractivity contribution in [3.63, 3.8) is 0 Å². The van der Waals surface area contributed by atoms with Gasteiger partial charge in [0.2, 0.25) is 5.91 Å². The van der Waals surface area contributed by atoms with Crippen LogP contribution in [0.2, 0.25) is 0 Å². The Labute approximate surface area is 493 Å². The summed E-state index contributed by atoms with van der Waals surface area (Å²) in [5.74, 6) is -0.0350. The molecule has 6 heteroatoms. The van der Waals surface area contributed by atoms with Crippen LogP contribution >= 0.6 is 0 Å². The van der Waals surface area contributed by atoms with Gasteiger partial charge in [0.1, 0.15) is 0 Å². The van der Waals surface area contributed by atoms with Gasteiger partial charge >= 0.3 is 5.97 Å². The lowest BCUT2D eigenvalue weighted by atomic mass is 10.0. The molecule has 3 N–H and O–H groups in total. The van der Waals surface area contributed by atoms with E-state index in [9.17, 15) is 19.8 Å². The van der Waals surface area contributed by atoms with Gasteiger partial charge in [-0.3, -0.25) is 9.59 Å². The Bertz CT molecular complexity index is 1320. The summed E-state index contributed by atoms with van der Waals surface area (Å²) in [6, 6.07) is -0.544. The molecule has 0 rings (SSSR count). The van der Waals surface area contributed by atoms with E-state index in [1.54, 1.807) is 0 Å². The summed E-state index contributed by atoms with van der Waals surface area (Å²) in [6.45, 7) is 4.94. The van der Waals surface area contributed by atoms with Crippen LogP contribution in [0.4, 0.5) is 0 Å². The van der Waals surface area contributed by atoms with Gasteiger partial charge in [-0.25, -0.2) is 0 Å². The van der Waals surface area contributed by atoms with Crippen LogP contribution in [0.1, 0.15) is 380 Å². The molecule has 79 heavy (non-hydrogen) atoms. The third-order valence-corrected chi connectivity index (χ3v) is 16.4. The second kappa shape index (κ2) is 68.3. The number of allylic oxidation sites excluding steroid dienone is 8. The fourth-order valence-corrected chi connectivity index (χ4v) is 10.9. The highest BCUT2D eigenvalue weighted by Crippen LogP contribution is 2.18. The Balaban J connectivity index is 3.41. The maximum atomic E-state index is 12.5. The molecule has 0 spiro atoms. The standard InChI is InChI=1S/C73H137NO5/c1-3-5-7-9-11-13-15-17-19-20-34-38-41-45-49-53-57-61-65-71(76)70(69-75)74-72(77)66-62-58-54-50-46-42-39-35-32-30-28-26-24-22-21-23-25-27-29-31-33-36-40-44-48-52-56-60-64-68-79-73(78)67-63-59-55-51-47-43-37-18-16-14-12-10-8-6-4-2/h12,14,18,21,23,27,29,37,70-71,75-76H,3-11,13,15-17,19-20,22,24-26,28,30-36,38-69H2,1-2H3,(H,74,77)/b14-12-,23-21-,29-27-,37-18-. The second-order valence-electron chi connectivity index (χ2n) is 24.2. The number of rotatable bonds is 66. The van der Waals surface area contributed by atoms with Crippen molar-refractivity contribution in [3.05, 3.63) is 48.6 Å². The zero-order chi connectivity index (χ0) is 57.1. The van der Waals surface area contributed by atoms with Crippen molar-refractivity contribution in [2.24, 2.45) is 0 Å². The van der Waals surface area contributed by atoms with Crippen LogP contribution in [0, 0.1) is 0 Å². The van der Waals surface area contributed by atoms with Gasteiger partial charge in [0.25, 0.3) is 0 Å². The Morgan fingerprint density at radius 2 is 0.633 bits per heavy atom. The van der Waals surface area contributed by atoms with Crippen LogP contribution in [-0.2, 0) is 14.3 Å². The number of hydrogen-bond acceptors (Lipinski definition) is 5. The van der Waals surface area contributed by atoms with Crippen molar-refractivity contribution in [2.75, 3.05) is 13.2 Å². The zero-order valence-corrected chi connectivity index (χ0v) is 53.1. The molecule has 0 aliphatic rings. The number of esters is 1. The van der Waals surface area contributed by atoms with Crippen molar-refractivity contribution in [3.8, 4) is 0 Å². The van der Waals surface area contributed by atoms with Crippen LogP contribution in [0.3, 0.4) is 0 Å². The van der Waals surface area contributed by atoms with E-state index in [0.717, 1.165) is 57.8 Å². The van der Waals surface area contributed by atoms with Gasteiger partial charge < -0.3 is 20.3 Å². The Morgan fingerprint density at radius 3 is 0.987 bits per heavy atom. The Kier molecular flexibility index (Phi) is 66.4. The molecule has 0 aliphatic carbocycles. The van der Waals surface area contributed by atoms with Gasteiger partial charge in [0.15, 0.2) is 0 Å². The van der Waals surface area contributed by atoms with Crippen LogP contribution in [0.15, 0.2) is 48.6 Å². The molecule has 464 valence electrons. The summed E-state index contributed by atoms with van der Waals surface area (Å²) < 4.78 is 5.48. The lowest BCUT2D eigenvalue weighted by Crippen LogP contribution is -2.45. The first kappa shape index (κ1) is 76.8. The number of carbonyl (C=O) groups is 2. The monoisotopic (exact) mass is 1110 g/mol. The maximum Gasteiger partial charge on any atom is 0.305 e. The molecule has 1 amide bonds. The minimum Gasteiger partial charge on any atom is -0.466 e. The number of carbonyl (C=O) groups excluding carboxylic acids is 2. The summed E-state index contributed by atoms with van der Waals surface area (Å²) in [4.78, 5) is 24.6. The van der Waals surface area contributed by atoms with Gasteiger partial charge in [-0.1, -0.05) is 326 Å². The molecule has 0 heterocycles. The Hall–Kier alpha value is -2.18. The number of amides is 1. The molecule has 0 aliphatic heterocycles. The molecule has 6 nitrogen and oxygen atoms in total. The summed E-state index contributed by atoms with van der Waals surface area (Å²) in [5.41, 5.74) is 0. The average Bonchev–Trinajstić information content (AvgIpc) is 3.45. The largest absolute Gasteiger partial charge is 0.466 e. The lowest BCUT2D eigenvalue weighted by molar-refractivity contribution is -0.143. The minimum atomic E-state index is -0.666. The predicted octanol–water partition coefficient (Wildman–Crippen LogP) is 22.9. The first-order valence-electron chi connectivity index (χ1n) is 35.4. The molecule has 2 atom stereocenters. The molecule has 0 bridgehead atoms. The third kappa shape index (κ3) is 64.8. The summed E-state index contributed by atoms with van der Waals surface area (Å²) >= 11 is 0. The highest BCUT2D eigenvalue weighted by Gasteiger charge is 2.20. The molecule has 0 aromatic rings. The summed E-state index contributed by atoms with van der Waals surface area (Å²) in [6.07, 6.45) is 88.7. The van der Waals surface area contributed by atoms with Gasteiger partial charge in [-0.05, 0) is 89.9 Å². The van der Waals surface area contributed by atoms with Crippen molar-refractivity contribution in [1.82, 2.24) is 5.32 Å². The van der Waals surface area contributed by atoms with Crippen molar-refractivity contribution in [1.29, 1.82) is 0 Å². The van der Waals surface area contributed by atoms with Gasteiger partial charge in [-0.15, -0.1) is 0 Å². The van der Waals surface area contributed by atoms with E-state index < -0.39 is 12.1 Å². The normalized spacial score (nSPS) is 12.8. The van der Waals surface area contributed by atoms with E-state index in [2.05, 4.69) is 67.8 Å². The van der Waals surface area contributed by atoms with E-state index in [1.807, 2.05) is 0 Å². The number of unbranched alkanes of at least 4 members (excludes halogenated alkanes) is 47. The molecule has 0 saturated heterocycles. The Morgan fingerprint density at radius 1 is 0.354 bits per heavy atom. The zero-order valence-electron chi connectivity index (χ0n) is 53.1. The van der Waals surface area contributed by atoms with E-state index in [1.165, 1.54) is 289 Å². The first-order valence-corrected chi connectivity index (χ1v) is 35.4. The van der Waals surface area contributed by atoms with Gasteiger partial charge in [0, 0.05) is 12.8 Å². The topological polar surface area (TPSA) is 95.9 Å². The van der Waals surface area contributed by atoms with E-state index in [-0.39, 0.29) is 18.5 Å². The van der Waals surface area contributed by atoms with Crippen molar-refractivity contribution >= 4 is 11.9 Å². The maximum absolute atomic E-state index is 12.5. The number of ether oxygens (including phenoxy) is 1. The molecule has 0 radical (unpaired) electrons. The summed E-state index contributed by atoms with van der Waals surface area (Å²) in [7, 11) is 0. The van der Waals surface area contributed by atoms with E-state index >= 15 is 0 Å². The quantitative estimate of drug-likeness (QED) is 0.0320. The molecule has 0 aromatic carbocycles. The van der Waals surface area contributed by atoms with Crippen molar-refractivity contribution in [2.45, 2.75) is 392 Å². The summed E-state index contributed by atoms with van der Waals surface area (Å²) in [5, 5.41) is 23.4. The third-order valence-electron chi connectivity index (χ3n) is 16.4. The van der Waals surface area contributed by atoms with E-state index in [0.29, 0.717) is 25.9 Å². The number of aliphatic hydroxyl groups excluding tert-OH is 2. The highest BCUT2D eigenvalue weighted by atomic mass is 16.5. The molecule has 2 unspecified atom stereocenters. The molecular formula is C73H137NO5. The van der Waals surface area contributed by atoms with Crippen LogP contribution in [0.25, 0.3) is 0 Å². The number of aliphatic hydroxyl groups is 2. The lowest BCUT2D eigenvalue weighted by Gasteiger charge is -2.22. The first-order chi connectivity index (χ1) is 39.0. The molecule has 0 saturated carbocycles. The molecule has 0 aromatic heterocycles. The molecular weight excluding hydrogens is 971 g/mol. The average molecular weight is 1110 g/mol. The number of nitrogens with one attached hydrogen (secondary N) is 1. The van der Waals surface area contributed by atoms with Crippen molar-refractivity contribution < 1.29 is 24.5 Å². The second-order valence-corrected chi connectivity index (χ2v) is 24.2. The SMILES string of the molecule is CCCCC/C=C\C/C=C\CCCCCCCC(=O)OCCCCCCCCCCC/C=C\C/C=C\CCCCCCCCCCCCCCCC(=O)NC(CO)C(O)CCCCCCCCCCCCCCCCCCCC. The van der Waals surface area contributed by atoms with Gasteiger partial charge in [0.05, 0.1) is 25.4 Å². The van der Waals surface area contributed by atoms with E-state index in [4.69, 9.17) is 4.74 Å². The predicted molar refractivity (Wildman–Crippen MR) is 347 cm³/mol. The smallest absolute Gasteiger partial charge is 0.305 e. The van der Waals surface area contributed by atoms with Crippen LogP contribution < -0.4 is 5.32 Å². The fourth-order valence-electron chi connectivity index (χ4n) is 10.9. The highest BCUT2D eigenvalue weighted by molar-refractivity contribution is 5.76. The number of hydrogen-bond donors (Lipinski definition) is 3.